The Hall–Kier alpha value is -4.32. The summed E-state index contributed by atoms with van der Waals surface area (Å²) in [6.07, 6.45) is 0.700. The topological polar surface area (TPSA) is 209 Å². The number of carboxylic acids is 1. The van der Waals surface area contributed by atoms with Gasteiger partial charge in [0.15, 0.2) is 6.61 Å². The number of nitriles is 1. The quantitative estimate of drug-likeness (QED) is 0.238. The van der Waals surface area contributed by atoms with E-state index >= 15 is 0 Å². The number of carboxylic acid groups (broad SMARTS) is 1. The lowest BCUT2D eigenvalue weighted by molar-refractivity contribution is -0.387. The third kappa shape index (κ3) is 5.64. The lowest BCUT2D eigenvalue weighted by Gasteiger charge is -2.12. The Kier molecular flexibility index (Phi) is 7.23. The van der Waals surface area contributed by atoms with Crippen LogP contribution in [0.25, 0.3) is 0 Å². The van der Waals surface area contributed by atoms with Crippen molar-refractivity contribution in [3.8, 4) is 23.6 Å². The molecule has 0 unspecified atom stereocenters. The second kappa shape index (κ2) is 9.66. The number of carbonyl (C=O) groups is 2. The van der Waals surface area contributed by atoms with Crippen molar-refractivity contribution in [2.75, 3.05) is 19.5 Å². The van der Waals surface area contributed by atoms with E-state index in [0.717, 1.165) is 12.1 Å². The molecule has 0 amide bonds. The van der Waals surface area contributed by atoms with Crippen molar-refractivity contribution in [1.82, 2.24) is 9.97 Å². The number of hydrogen-bond donors (Lipinski definition) is 1. The van der Waals surface area contributed by atoms with Gasteiger partial charge in [0.1, 0.15) is 11.3 Å². The Labute approximate surface area is 180 Å². The lowest BCUT2D eigenvalue weighted by atomic mass is 10.1. The minimum atomic E-state index is -4.16. The van der Waals surface area contributed by atoms with Gasteiger partial charge in [0.05, 0.1) is 23.2 Å². The summed E-state index contributed by atoms with van der Waals surface area (Å²) >= 11 is 0. The standard InChI is InChI=1S/C17H14N4O10S/c1-3-29-12(22)8-30-14-13(21(25)26)15(20-17(19-14)32(2,27)28)31-11-6-9(7-18)4-5-10(11)16(23)24/h4-6H,3,8H2,1-2H3,(H,23,24). The third-order valence-corrected chi connectivity index (χ3v) is 4.34. The fourth-order valence-corrected chi connectivity index (χ4v) is 2.67. The molecule has 2 aromatic rings. The molecule has 1 heterocycles. The number of nitro groups is 1. The van der Waals surface area contributed by atoms with Crippen molar-refractivity contribution >= 4 is 27.5 Å². The summed E-state index contributed by atoms with van der Waals surface area (Å²) in [7, 11) is -4.16. The molecule has 15 heteroatoms. The van der Waals surface area contributed by atoms with Crippen LogP contribution in [0.5, 0.6) is 17.5 Å². The van der Waals surface area contributed by atoms with Crippen LogP contribution in [0.3, 0.4) is 0 Å². The minimum absolute atomic E-state index is 0.00971. The number of aromatic nitrogens is 2. The second-order valence-corrected chi connectivity index (χ2v) is 7.73. The van der Waals surface area contributed by atoms with E-state index in [2.05, 4.69) is 14.7 Å². The molecule has 0 fully saturated rings. The van der Waals surface area contributed by atoms with E-state index in [0.29, 0.717) is 6.26 Å². The first-order valence-electron chi connectivity index (χ1n) is 8.48. The number of esters is 1. The molecule has 2 rings (SSSR count). The first kappa shape index (κ1) is 24.0. The van der Waals surface area contributed by atoms with Crippen LogP contribution in [-0.2, 0) is 19.4 Å². The molecule has 0 aliphatic rings. The average Bonchev–Trinajstić information content (AvgIpc) is 2.70. The van der Waals surface area contributed by atoms with E-state index in [9.17, 15) is 33.2 Å². The zero-order valence-corrected chi connectivity index (χ0v) is 17.3. The van der Waals surface area contributed by atoms with Crippen LogP contribution in [0.15, 0.2) is 23.4 Å². The maximum absolute atomic E-state index is 12.0. The molecule has 1 N–H and O–H groups in total. The smallest absolute Gasteiger partial charge is 0.392 e. The van der Waals surface area contributed by atoms with Crippen molar-refractivity contribution < 1.29 is 42.2 Å². The van der Waals surface area contributed by atoms with Gasteiger partial charge in [-0.1, -0.05) is 0 Å². The summed E-state index contributed by atoms with van der Waals surface area (Å²) in [4.78, 5) is 40.5. The summed E-state index contributed by atoms with van der Waals surface area (Å²) in [6, 6.07) is 4.88. The maximum atomic E-state index is 12.0. The molecule has 168 valence electrons. The van der Waals surface area contributed by atoms with Crippen LogP contribution in [0.4, 0.5) is 5.69 Å². The molecule has 0 saturated carbocycles. The predicted octanol–water partition coefficient (Wildman–Crippen LogP) is 1.09. The Morgan fingerprint density at radius 2 is 1.94 bits per heavy atom. The van der Waals surface area contributed by atoms with E-state index in [-0.39, 0.29) is 12.2 Å². The van der Waals surface area contributed by atoms with Crippen molar-refractivity contribution in [3.05, 3.63) is 39.4 Å². The molecule has 0 radical (unpaired) electrons. The van der Waals surface area contributed by atoms with Gasteiger partial charge in [-0.3, -0.25) is 10.1 Å². The highest BCUT2D eigenvalue weighted by molar-refractivity contribution is 7.90. The van der Waals surface area contributed by atoms with E-state index in [1.807, 2.05) is 0 Å². The number of sulfone groups is 1. The van der Waals surface area contributed by atoms with Gasteiger partial charge in [-0.05, 0) is 25.1 Å². The predicted molar refractivity (Wildman–Crippen MR) is 102 cm³/mol. The fraction of sp³-hybridized carbons (Fsp3) is 0.235. The zero-order valence-electron chi connectivity index (χ0n) is 16.5. The first-order valence-corrected chi connectivity index (χ1v) is 10.4. The van der Waals surface area contributed by atoms with Crippen LogP contribution in [0, 0.1) is 21.4 Å². The van der Waals surface area contributed by atoms with E-state index in [1.54, 1.807) is 6.07 Å². The highest BCUT2D eigenvalue weighted by Crippen LogP contribution is 2.38. The second-order valence-electron chi connectivity index (χ2n) is 5.82. The molecular weight excluding hydrogens is 452 g/mol. The van der Waals surface area contributed by atoms with Crippen LogP contribution in [0.1, 0.15) is 22.8 Å². The Bertz CT molecular complexity index is 1240. The number of hydrogen-bond acceptors (Lipinski definition) is 12. The van der Waals surface area contributed by atoms with Gasteiger partial charge >= 0.3 is 29.4 Å². The zero-order chi connectivity index (χ0) is 24.1. The molecule has 0 bridgehead atoms. The van der Waals surface area contributed by atoms with Gasteiger partial charge in [0.25, 0.3) is 5.16 Å². The maximum Gasteiger partial charge on any atom is 0.392 e. The van der Waals surface area contributed by atoms with Crippen LogP contribution < -0.4 is 9.47 Å². The van der Waals surface area contributed by atoms with Crippen LogP contribution >= 0.6 is 0 Å². The fourth-order valence-electron chi connectivity index (χ4n) is 2.18. The molecule has 0 spiro atoms. The summed E-state index contributed by atoms with van der Waals surface area (Å²) in [6.45, 7) is 0.650. The molecule has 1 aromatic heterocycles. The van der Waals surface area contributed by atoms with E-state index in [4.69, 9.17) is 14.7 Å². The highest BCUT2D eigenvalue weighted by atomic mass is 32.2. The van der Waals surface area contributed by atoms with Crippen molar-refractivity contribution in [2.45, 2.75) is 12.1 Å². The van der Waals surface area contributed by atoms with Crippen molar-refractivity contribution in [1.29, 1.82) is 5.26 Å². The number of carbonyl (C=O) groups excluding carboxylic acids is 1. The third-order valence-electron chi connectivity index (χ3n) is 3.49. The van der Waals surface area contributed by atoms with Gasteiger partial charge in [-0.2, -0.15) is 15.2 Å². The molecule has 0 aliphatic carbocycles. The minimum Gasteiger partial charge on any atom is -0.478 e. The van der Waals surface area contributed by atoms with E-state index < -0.39 is 67.2 Å². The summed E-state index contributed by atoms with van der Waals surface area (Å²) in [5.74, 6) is -4.86. The molecule has 32 heavy (non-hydrogen) atoms. The summed E-state index contributed by atoms with van der Waals surface area (Å²) < 4.78 is 38.8. The van der Waals surface area contributed by atoms with Crippen molar-refractivity contribution in [2.24, 2.45) is 0 Å². The molecule has 0 atom stereocenters. The van der Waals surface area contributed by atoms with Crippen molar-refractivity contribution in [3.63, 3.8) is 0 Å². The Balaban J connectivity index is 2.69. The SMILES string of the molecule is CCOC(=O)COc1nc(S(C)(=O)=O)nc(Oc2cc(C#N)ccc2C(=O)O)c1[N+](=O)[O-]. The van der Waals surface area contributed by atoms with Gasteiger partial charge in [-0.15, -0.1) is 0 Å². The molecule has 14 nitrogen and oxygen atoms in total. The number of ether oxygens (including phenoxy) is 3. The molecular formula is C17H14N4O10S. The van der Waals surface area contributed by atoms with Gasteiger partial charge in [-0.25, -0.2) is 18.0 Å². The largest absolute Gasteiger partial charge is 0.478 e. The summed E-state index contributed by atoms with van der Waals surface area (Å²) in [5, 5.41) is 29.0. The monoisotopic (exact) mass is 466 g/mol. The van der Waals surface area contributed by atoms with E-state index in [1.165, 1.54) is 13.0 Å². The average molecular weight is 466 g/mol. The molecule has 1 aromatic carbocycles. The molecule has 0 aliphatic heterocycles. The normalized spacial score (nSPS) is 10.7. The van der Waals surface area contributed by atoms with Gasteiger partial charge in [0, 0.05) is 6.26 Å². The number of aromatic carboxylic acids is 1. The first-order chi connectivity index (χ1) is 15.0. The van der Waals surface area contributed by atoms with Crippen LogP contribution in [0.2, 0.25) is 0 Å². The molecule has 0 saturated heterocycles. The van der Waals surface area contributed by atoms with Gasteiger partial charge < -0.3 is 19.3 Å². The number of rotatable bonds is 9. The summed E-state index contributed by atoms with van der Waals surface area (Å²) in [5.41, 5.74) is -1.63. The number of nitrogens with zero attached hydrogens (tertiary/aromatic N) is 4. The lowest BCUT2D eigenvalue weighted by Crippen LogP contribution is -2.17. The Morgan fingerprint density at radius 3 is 2.47 bits per heavy atom. The number of benzene rings is 1. The highest BCUT2D eigenvalue weighted by Gasteiger charge is 2.32. The van der Waals surface area contributed by atoms with Crippen LogP contribution in [-0.4, -0.2) is 59.8 Å². The Morgan fingerprint density at radius 1 is 1.28 bits per heavy atom. The van der Waals surface area contributed by atoms with Gasteiger partial charge in [0.2, 0.25) is 9.84 Å².